The first-order valence-corrected chi connectivity index (χ1v) is 8.80. The third-order valence-corrected chi connectivity index (χ3v) is 4.31. The number of nitrogens with one attached hydrogen (secondary N) is 2. The lowest BCUT2D eigenvalue weighted by Gasteiger charge is -2.15. The highest BCUT2D eigenvalue weighted by atomic mass is 16.4. The van der Waals surface area contributed by atoms with Gasteiger partial charge in [-0.25, -0.2) is 4.79 Å². The number of hydrogen-bond acceptors (Lipinski definition) is 4. The van der Waals surface area contributed by atoms with Crippen LogP contribution in [0.15, 0.2) is 59.2 Å². The van der Waals surface area contributed by atoms with Crippen molar-refractivity contribution in [2.45, 2.75) is 27.2 Å². The maximum absolute atomic E-state index is 12.2. The molecule has 0 fully saturated rings. The Kier molecular flexibility index (Phi) is 6.60. The summed E-state index contributed by atoms with van der Waals surface area (Å²) < 4.78 is 0. The number of aromatic nitrogens is 1. The minimum atomic E-state index is -1.26. The Bertz CT molecular complexity index is 927. The van der Waals surface area contributed by atoms with Crippen LogP contribution in [0.5, 0.6) is 0 Å². The van der Waals surface area contributed by atoms with Gasteiger partial charge in [0.15, 0.2) is 0 Å². The Hall–Kier alpha value is -3.28. The molecule has 1 heterocycles. The normalized spacial score (nSPS) is 13.3. The Morgan fingerprint density at radius 1 is 1.33 bits per heavy atom. The summed E-state index contributed by atoms with van der Waals surface area (Å²) in [5.74, 6) is -1.03. The number of aryl methyl sites for hydroxylation is 1. The molecule has 142 valence electrons. The van der Waals surface area contributed by atoms with Crippen molar-refractivity contribution >= 4 is 17.2 Å². The second-order valence-electron chi connectivity index (χ2n) is 6.45. The first-order valence-electron chi connectivity index (χ1n) is 8.80. The molecule has 27 heavy (non-hydrogen) atoms. The number of aromatic amines is 1. The number of para-hydroxylation sites is 1. The van der Waals surface area contributed by atoms with Crippen molar-refractivity contribution < 1.29 is 9.90 Å². The van der Waals surface area contributed by atoms with Gasteiger partial charge in [-0.1, -0.05) is 44.5 Å². The predicted molar refractivity (Wildman–Crippen MR) is 109 cm³/mol. The second kappa shape index (κ2) is 8.89. The van der Waals surface area contributed by atoms with Gasteiger partial charge in [0.05, 0.1) is 11.4 Å². The maximum Gasteiger partial charge on any atom is 0.341 e. The maximum atomic E-state index is 12.2. The number of carbonyl (C=O) groups is 1. The molecule has 6 heteroatoms. The topological polar surface area (TPSA) is 108 Å². The number of pyridine rings is 1. The quantitative estimate of drug-likeness (QED) is 0.558. The molecule has 0 saturated carbocycles. The Labute approximate surface area is 158 Å². The highest BCUT2D eigenvalue weighted by molar-refractivity contribution is 5.88. The van der Waals surface area contributed by atoms with Crippen LogP contribution >= 0.6 is 0 Å². The van der Waals surface area contributed by atoms with Crippen LogP contribution in [0.2, 0.25) is 0 Å². The van der Waals surface area contributed by atoms with Gasteiger partial charge in [-0.3, -0.25) is 4.79 Å². The minimum absolute atomic E-state index is 0.228. The van der Waals surface area contributed by atoms with E-state index in [1.807, 2.05) is 36.4 Å². The summed E-state index contributed by atoms with van der Waals surface area (Å²) in [5, 5.41) is 12.3. The third kappa shape index (κ3) is 5.10. The van der Waals surface area contributed by atoms with Crippen LogP contribution in [-0.4, -0.2) is 16.1 Å². The van der Waals surface area contributed by atoms with E-state index in [1.54, 1.807) is 13.1 Å². The summed E-state index contributed by atoms with van der Waals surface area (Å²) in [6, 6.07) is 10.9. The van der Waals surface area contributed by atoms with Gasteiger partial charge < -0.3 is 21.1 Å². The predicted octanol–water partition coefficient (Wildman–Crippen LogP) is 3.72. The zero-order valence-electron chi connectivity index (χ0n) is 15.7. The molecule has 0 amide bonds. The molecule has 0 bridgehead atoms. The number of H-pyrrole nitrogens is 1. The summed E-state index contributed by atoms with van der Waals surface area (Å²) in [7, 11) is 0. The van der Waals surface area contributed by atoms with Gasteiger partial charge in [0, 0.05) is 17.5 Å². The van der Waals surface area contributed by atoms with Crippen LogP contribution in [0, 0.1) is 12.8 Å². The van der Waals surface area contributed by atoms with Gasteiger partial charge >= 0.3 is 5.97 Å². The lowest BCUT2D eigenvalue weighted by atomic mass is 9.97. The molecule has 1 unspecified atom stereocenters. The molecule has 5 N–H and O–H groups in total. The molecule has 1 atom stereocenters. The minimum Gasteiger partial charge on any atom is -0.477 e. The molecule has 6 nitrogen and oxygen atoms in total. The number of carboxylic acid groups (broad SMARTS) is 1. The molecule has 0 aliphatic heterocycles. The van der Waals surface area contributed by atoms with E-state index in [4.69, 9.17) is 10.8 Å². The molecule has 0 spiro atoms. The number of aromatic carboxylic acids is 1. The second-order valence-corrected chi connectivity index (χ2v) is 6.45. The Morgan fingerprint density at radius 3 is 2.59 bits per heavy atom. The van der Waals surface area contributed by atoms with Crippen molar-refractivity contribution in [1.29, 1.82) is 0 Å². The molecule has 2 rings (SSSR count). The van der Waals surface area contributed by atoms with Crippen LogP contribution in [0.3, 0.4) is 0 Å². The lowest BCUT2D eigenvalue weighted by Crippen LogP contribution is -2.21. The number of hydrogen-bond donors (Lipinski definition) is 4. The SMILES string of the molecule is CCC(C)/C=C(\C(N)=C\Nc1ccccc1)c1[nH]c(=O)c(C(=O)O)cc1C. The standard InChI is InChI=1S/C21H25N3O3/c1-4-13(2)10-16(18(22)12-23-15-8-6-5-7-9-15)19-14(3)11-17(21(26)27)20(25)24-19/h5-13,23H,4,22H2,1-3H3,(H,24,25)(H,26,27)/b16-10+,18-12-. The fraction of sp³-hybridized carbons (Fsp3) is 0.238. The number of allylic oxidation sites excluding steroid dienone is 2. The largest absolute Gasteiger partial charge is 0.477 e. The number of benzene rings is 1. The monoisotopic (exact) mass is 367 g/mol. The molecule has 1 aromatic heterocycles. The van der Waals surface area contributed by atoms with E-state index in [0.717, 1.165) is 12.1 Å². The van der Waals surface area contributed by atoms with Gasteiger partial charge in [-0.05, 0) is 36.6 Å². The highest BCUT2D eigenvalue weighted by Crippen LogP contribution is 2.24. The van der Waals surface area contributed by atoms with E-state index in [9.17, 15) is 9.59 Å². The van der Waals surface area contributed by atoms with E-state index in [0.29, 0.717) is 22.5 Å². The van der Waals surface area contributed by atoms with Crippen molar-refractivity contribution in [2.24, 2.45) is 11.7 Å². The van der Waals surface area contributed by atoms with Gasteiger partial charge in [-0.15, -0.1) is 0 Å². The number of anilines is 1. The summed E-state index contributed by atoms with van der Waals surface area (Å²) in [4.78, 5) is 26.0. The smallest absolute Gasteiger partial charge is 0.341 e. The molecule has 0 aliphatic rings. The highest BCUT2D eigenvalue weighted by Gasteiger charge is 2.16. The number of carboxylic acids is 1. The molecule has 0 aliphatic carbocycles. The van der Waals surface area contributed by atoms with Gasteiger partial charge in [0.2, 0.25) is 0 Å². The zero-order chi connectivity index (χ0) is 20.0. The van der Waals surface area contributed by atoms with Crippen LogP contribution in [0.25, 0.3) is 5.57 Å². The fourth-order valence-corrected chi connectivity index (χ4v) is 2.57. The molecular formula is C21H25N3O3. The average molecular weight is 367 g/mol. The van der Waals surface area contributed by atoms with Crippen molar-refractivity contribution in [1.82, 2.24) is 4.98 Å². The van der Waals surface area contributed by atoms with Crippen LogP contribution < -0.4 is 16.6 Å². The number of rotatable bonds is 7. The van der Waals surface area contributed by atoms with E-state index in [-0.39, 0.29) is 11.5 Å². The van der Waals surface area contributed by atoms with E-state index in [1.165, 1.54) is 6.07 Å². The van der Waals surface area contributed by atoms with Gasteiger partial charge in [0.1, 0.15) is 5.56 Å². The molecule has 1 aromatic carbocycles. The summed E-state index contributed by atoms with van der Waals surface area (Å²) in [6.45, 7) is 5.86. The molecule has 0 radical (unpaired) electrons. The Morgan fingerprint density at radius 2 is 2.00 bits per heavy atom. The Balaban J connectivity index is 2.49. The van der Waals surface area contributed by atoms with E-state index < -0.39 is 11.5 Å². The van der Waals surface area contributed by atoms with E-state index >= 15 is 0 Å². The lowest BCUT2D eigenvalue weighted by molar-refractivity contribution is 0.0695. The first-order chi connectivity index (χ1) is 12.8. The van der Waals surface area contributed by atoms with Crippen LogP contribution in [0.1, 0.15) is 41.9 Å². The summed E-state index contributed by atoms with van der Waals surface area (Å²) in [6.07, 6.45) is 4.56. The van der Waals surface area contributed by atoms with Crippen molar-refractivity contribution in [3.05, 3.63) is 81.5 Å². The van der Waals surface area contributed by atoms with Crippen LogP contribution in [0.4, 0.5) is 5.69 Å². The third-order valence-electron chi connectivity index (χ3n) is 4.31. The van der Waals surface area contributed by atoms with Gasteiger partial charge in [-0.2, -0.15) is 0 Å². The van der Waals surface area contributed by atoms with E-state index in [2.05, 4.69) is 24.1 Å². The first kappa shape index (κ1) is 20.0. The van der Waals surface area contributed by atoms with Crippen molar-refractivity contribution in [3.8, 4) is 0 Å². The fourth-order valence-electron chi connectivity index (χ4n) is 2.57. The van der Waals surface area contributed by atoms with Crippen molar-refractivity contribution in [2.75, 3.05) is 5.32 Å². The molecule has 0 saturated heterocycles. The zero-order valence-corrected chi connectivity index (χ0v) is 15.7. The van der Waals surface area contributed by atoms with Crippen molar-refractivity contribution in [3.63, 3.8) is 0 Å². The average Bonchev–Trinajstić information content (AvgIpc) is 2.66. The molecule has 2 aromatic rings. The molecular weight excluding hydrogens is 342 g/mol. The van der Waals surface area contributed by atoms with Crippen LogP contribution in [-0.2, 0) is 0 Å². The summed E-state index contributed by atoms with van der Waals surface area (Å²) in [5.41, 5.74) is 8.53. The van der Waals surface area contributed by atoms with Gasteiger partial charge in [0.25, 0.3) is 5.56 Å². The summed E-state index contributed by atoms with van der Waals surface area (Å²) >= 11 is 0. The number of nitrogens with two attached hydrogens (primary N) is 1.